The first kappa shape index (κ1) is 19.2. The third-order valence-electron chi connectivity index (χ3n) is 4.29. The smallest absolute Gasteiger partial charge is 0.279 e. The zero-order valence-corrected chi connectivity index (χ0v) is 15.9. The molecule has 0 spiro atoms. The number of H-pyrrole nitrogens is 1. The van der Waals surface area contributed by atoms with Crippen molar-refractivity contribution in [2.45, 2.75) is 5.03 Å². The van der Waals surface area contributed by atoms with E-state index in [1.54, 1.807) is 6.07 Å². The van der Waals surface area contributed by atoms with E-state index in [0.717, 1.165) is 0 Å². The molecule has 4 rings (SSSR count). The van der Waals surface area contributed by atoms with Crippen LogP contribution in [0.1, 0.15) is 15.9 Å². The normalized spacial score (nSPS) is 11.2. The van der Waals surface area contributed by atoms with Gasteiger partial charge in [-0.3, -0.25) is 14.5 Å². The van der Waals surface area contributed by atoms with Crippen LogP contribution in [0, 0.1) is 12.4 Å². The largest absolute Gasteiger partial charge is 0.345 e. The van der Waals surface area contributed by atoms with Crippen LogP contribution in [0.3, 0.4) is 0 Å². The molecule has 0 radical (unpaired) electrons. The van der Waals surface area contributed by atoms with Gasteiger partial charge in [0.2, 0.25) is 5.69 Å². The van der Waals surface area contributed by atoms with Gasteiger partial charge in [0.25, 0.3) is 10.0 Å². The standard InChI is InChI=1S/C20H12FN5O3S/c1-22-12-9-14-15(11-25-20(14)24-10-12)19(27)13-5-4-6-16(18(13)21)26-30(28,29)17-7-2-3-8-23-17/h2-11,26H,(H,24,25). The van der Waals surface area contributed by atoms with E-state index >= 15 is 4.39 Å². The molecule has 3 heterocycles. The summed E-state index contributed by atoms with van der Waals surface area (Å²) in [7, 11) is -4.14. The number of nitrogens with zero attached hydrogens (tertiary/aromatic N) is 3. The molecule has 2 N–H and O–H groups in total. The van der Waals surface area contributed by atoms with Crippen LogP contribution in [-0.2, 0) is 10.0 Å². The molecule has 0 aliphatic heterocycles. The highest BCUT2D eigenvalue weighted by Gasteiger charge is 2.23. The second-order valence-electron chi connectivity index (χ2n) is 6.17. The van der Waals surface area contributed by atoms with Gasteiger partial charge in [0, 0.05) is 29.5 Å². The maximum absolute atomic E-state index is 15.1. The second-order valence-corrected chi connectivity index (χ2v) is 7.80. The summed E-state index contributed by atoms with van der Waals surface area (Å²) in [6, 6.07) is 9.61. The van der Waals surface area contributed by atoms with Crippen LogP contribution in [-0.4, -0.2) is 29.2 Å². The summed E-state index contributed by atoms with van der Waals surface area (Å²) in [5, 5.41) is 0.0860. The van der Waals surface area contributed by atoms with Gasteiger partial charge in [0.15, 0.2) is 16.6 Å². The van der Waals surface area contributed by atoms with Gasteiger partial charge in [-0.15, -0.1) is 0 Å². The molecule has 0 atom stereocenters. The Kier molecular flexibility index (Phi) is 4.73. The third-order valence-corrected chi connectivity index (χ3v) is 5.57. The zero-order valence-electron chi connectivity index (χ0n) is 15.1. The Hall–Kier alpha value is -4.10. The summed E-state index contributed by atoms with van der Waals surface area (Å²) in [6.45, 7) is 7.09. The van der Waals surface area contributed by atoms with E-state index in [1.807, 2.05) is 0 Å². The molecule has 0 amide bonds. The Balaban J connectivity index is 1.74. The molecular weight excluding hydrogens is 409 g/mol. The molecule has 1 aromatic carbocycles. The van der Waals surface area contributed by atoms with Crippen molar-refractivity contribution >= 4 is 38.2 Å². The Morgan fingerprint density at radius 3 is 2.70 bits per heavy atom. The van der Waals surface area contributed by atoms with Crippen molar-refractivity contribution < 1.29 is 17.6 Å². The highest BCUT2D eigenvalue weighted by Crippen LogP contribution is 2.27. The number of hydrogen-bond acceptors (Lipinski definition) is 5. The number of ketones is 1. The lowest BCUT2D eigenvalue weighted by molar-refractivity contribution is 0.103. The first-order valence-electron chi connectivity index (χ1n) is 8.52. The number of carbonyl (C=O) groups excluding carboxylic acids is 1. The maximum atomic E-state index is 15.1. The van der Waals surface area contributed by atoms with Gasteiger partial charge < -0.3 is 4.98 Å². The number of fused-ring (bicyclic) bond motifs is 1. The second kappa shape index (κ2) is 7.38. The van der Waals surface area contributed by atoms with Crippen molar-refractivity contribution in [2.75, 3.05) is 4.72 Å². The van der Waals surface area contributed by atoms with E-state index in [2.05, 4.69) is 24.5 Å². The lowest BCUT2D eigenvalue weighted by Gasteiger charge is -2.10. The molecular formula is C20H12FN5O3S. The maximum Gasteiger partial charge on any atom is 0.279 e. The number of sulfonamides is 1. The summed E-state index contributed by atoms with van der Waals surface area (Å²) in [6.07, 6.45) is 4.03. The molecule has 0 unspecified atom stereocenters. The number of nitrogens with one attached hydrogen (secondary N) is 2. The summed E-state index contributed by atoms with van der Waals surface area (Å²) in [5.74, 6) is -1.70. The minimum absolute atomic E-state index is 0.117. The average molecular weight is 421 g/mol. The van der Waals surface area contributed by atoms with Crippen molar-refractivity contribution in [1.29, 1.82) is 0 Å². The van der Waals surface area contributed by atoms with E-state index in [1.165, 1.54) is 55.0 Å². The SMILES string of the molecule is [C-]#[N+]c1cnc2[nH]cc(C(=O)c3cccc(NS(=O)(=O)c4ccccn4)c3F)c2c1. The number of aromatic nitrogens is 3. The average Bonchev–Trinajstić information content (AvgIpc) is 3.18. The molecule has 0 aliphatic rings. The molecule has 0 fully saturated rings. The Morgan fingerprint density at radius 1 is 1.13 bits per heavy atom. The number of hydrogen-bond donors (Lipinski definition) is 2. The minimum Gasteiger partial charge on any atom is -0.345 e. The molecule has 10 heteroatoms. The van der Waals surface area contributed by atoms with Gasteiger partial charge in [-0.25, -0.2) is 14.2 Å². The first-order chi connectivity index (χ1) is 14.4. The Labute approximate surface area is 170 Å². The number of carbonyl (C=O) groups is 1. The number of rotatable bonds is 5. The van der Waals surface area contributed by atoms with Crippen LogP contribution in [0.4, 0.5) is 15.8 Å². The van der Waals surface area contributed by atoms with Crippen molar-refractivity contribution in [2.24, 2.45) is 0 Å². The predicted octanol–water partition coefficient (Wildman–Crippen LogP) is 3.68. The van der Waals surface area contributed by atoms with E-state index in [4.69, 9.17) is 6.57 Å². The van der Waals surface area contributed by atoms with E-state index in [9.17, 15) is 13.2 Å². The first-order valence-corrected chi connectivity index (χ1v) is 10.0. The van der Waals surface area contributed by atoms with Crippen molar-refractivity contribution in [3.05, 3.63) is 89.4 Å². The fraction of sp³-hybridized carbons (Fsp3) is 0. The van der Waals surface area contributed by atoms with Crippen molar-refractivity contribution in [3.63, 3.8) is 0 Å². The summed E-state index contributed by atoms with van der Waals surface area (Å²) >= 11 is 0. The number of aromatic amines is 1. The van der Waals surface area contributed by atoms with Crippen molar-refractivity contribution in [1.82, 2.24) is 15.0 Å². The number of pyridine rings is 2. The lowest BCUT2D eigenvalue weighted by Crippen LogP contribution is -2.16. The van der Waals surface area contributed by atoms with Crippen LogP contribution >= 0.6 is 0 Å². The Morgan fingerprint density at radius 2 is 1.97 bits per heavy atom. The van der Waals surface area contributed by atoms with Gasteiger partial charge >= 0.3 is 0 Å². The van der Waals surface area contributed by atoms with Gasteiger partial charge in [-0.05, 0) is 30.3 Å². The highest BCUT2D eigenvalue weighted by molar-refractivity contribution is 7.92. The summed E-state index contributed by atoms with van der Waals surface area (Å²) in [4.78, 5) is 26.9. The number of halogens is 1. The molecule has 148 valence electrons. The molecule has 8 nitrogen and oxygen atoms in total. The third kappa shape index (κ3) is 3.38. The molecule has 0 aliphatic carbocycles. The van der Waals surface area contributed by atoms with E-state index < -0.39 is 21.6 Å². The number of benzene rings is 1. The van der Waals surface area contributed by atoms with Crippen molar-refractivity contribution in [3.8, 4) is 0 Å². The fourth-order valence-corrected chi connectivity index (χ4v) is 3.88. The van der Waals surface area contributed by atoms with E-state index in [-0.39, 0.29) is 27.5 Å². The molecule has 30 heavy (non-hydrogen) atoms. The van der Waals surface area contributed by atoms with Crippen LogP contribution in [0.5, 0.6) is 0 Å². The zero-order chi connectivity index (χ0) is 21.3. The van der Waals surface area contributed by atoms with Crippen LogP contribution in [0.2, 0.25) is 0 Å². The minimum atomic E-state index is -4.14. The van der Waals surface area contributed by atoms with Crippen LogP contribution < -0.4 is 4.72 Å². The molecule has 0 saturated carbocycles. The fourth-order valence-electron chi connectivity index (χ4n) is 2.88. The highest BCUT2D eigenvalue weighted by atomic mass is 32.2. The number of anilines is 1. The molecule has 3 aromatic heterocycles. The summed E-state index contributed by atoms with van der Waals surface area (Å²) < 4.78 is 42.1. The molecule has 4 aromatic rings. The van der Waals surface area contributed by atoms with Gasteiger partial charge in [-0.2, -0.15) is 8.42 Å². The quantitative estimate of drug-likeness (QED) is 0.377. The molecule has 0 saturated heterocycles. The van der Waals surface area contributed by atoms with Crippen LogP contribution in [0.15, 0.2) is 66.1 Å². The predicted molar refractivity (Wildman–Crippen MR) is 107 cm³/mol. The van der Waals surface area contributed by atoms with Gasteiger partial charge in [-0.1, -0.05) is 12.1 Å². The van der Waals surface area contributed by atoms with Gasteiger partial charge in [0.1, 0.15) is 5.65 Å². The summed E-state index contributed by atoms with van der Waals surface area (Å²) in [5.41, 5.74) is 0.00921. The van der Waals surface area contributed by atoms with Crippen LogP contribution in [0.25, 0.3) is 15.9 Å². The topological polar surface area (TPSA) is 109 Å². The van der Waals surface area contributed by atoms with Gasteiger partial charge in [0.05, 0.1) is 17.8 Å². The Bertz CT molecular complexity index is 1430. The monoisotopic (exact) mass is 421 g/mol. The lowest BCUT2D eigenvalue weighted by atomic mass is 10.0. The molecule has 0 bridgehead atoms. The van der Waals surface area contributed by atoms with E-state index in [0.29, 0.717) is 11.0 Å².